The normalized spacial score (nSPS) is 17.7. The third-order valence-corrected chi connectivity index (χ3v) is 5.73. The molecule has 0 saturated carbocycles. The molecule has 7 heteroatoms. The second kappa shape index (κ2) is 9.60. The van der Waals surface area contributed by atoms with Gasteiger partial charge in [0.25, 0.3) is 0 Å². The highest BCUT2D eigenvalue weighted by Gasteiger charge is 2.19. The highest BCUT2D eigenvalue weighted by Crippen LogP contribution is 2.31. The second-order valence-electron chi connectivity index (χ2n) is 7.74. The molecule has 0 spiro atoms. The highest BCUT2D eigenvalue weighted by molar-refractivity contribution is 5.93. The van der Waals surface area contributed by atoms with Crippen molar-refractivity contribution in [2.24, 2.45) is 0 Å². The lowest BCUT2D eigenvalue weighted by atomic mass is 10.0. The number of hydrogen-bond donors (Lipinski definition) is 0. The average molecular weight is 420 g/mol. The van der Waals surface area contributed by atoms with Crippen LogP contribution in [-0.2, 0) is 9.47 Å². The van der Waals surface area contributed by atoms with E-state index in [0.29, 0.717) is 25.8 Å². The minimum Gasteiger partial charge on any atom is -0.462 e. The Morgan fingerprint density at radius 1 is 0.935 bits per heavy atom. The van der Waals surface area contributed by atoms with E-state index in [9.17, 15) is 0 Å². The Morgan fingerprint density at radius 2 is 1.74 bits per heavy atom. The van der Waals surface area contributed by atoms with Crippen molar-refractivity contribution < 1.29 is 14.2 Å². The lowest BCUT2D eigenvalue weighted by Gasteiger charge is -2.29. The number of aromatic nitrogens is 2. The molecule has 2 aliphatic rings. The zero-order valence-corrected chi connectivity index (χ0v) is 17.6. The molecule has 0 N–H and O–H groups in total. The van der Waals surface area contributed by atoms with Crippen molar-refractivity contribution in [2.45, 2.75) is 0 Å². The molecule has 0 aliphatic carbocycles. The van der Waals surface area contributed by atoms with Gasteiger partial charge in [-0.05, 0) is 29.3 Å². The van der Waals surface area contributed by atoms with Crippen molar-refractivity contribution in [1.29, 1.82) is 0 Å². The van der Waals surface area contributed by atoms with Gasteiger partial charge in [-0.15, -0.1) is 0 Å². The molecule has 2 fully saturated rings. The Bertz CT molecular complexity index is 1000. The van der Waals surface area contributed by atoms with E-state index >= 15 is 0 Å². The van der Waals surface area contributed by atoms with Crippen LogP contribution in [0.25, 0.3) is 22.0 Å². The van der Waals surface area contributed by atoms with Crippen LogP contribution in [0.15, 0.2) is 42.5 Å². The Labute approximate surface area is 182 Å². The number of anilines is 1. The Hall–Kier alpha value is -2.74. The zero-order valence-electron chi connectivity index (χ0n) is 17.6. The first-order chi connectivity index (χ1) is 15.4. The van der Waals surface area contributed by atoms with E-state index < -0.39 is 0 Å². The van der Waals surface area contributed by atoms with Crippen molar-refractivity contribution in [2.75, 3.05) is 70.7 Å². The minimum atomic E-state index is 0.432. The number of nitrogens with zero attached hydrogens (tertiary/aromatic N) is 4. The van der Waals surface area contributed by atoms with Gasteiger partial charge in [0, 0.05) is 38.1 Å². The van der Waals surface area contributed by atoms with Gasteiger partial charge in [0.15, 0.2) is 0 Å². The first-order valence-corrected chi connectivity index (χ1v) is 10.9. The molecular formula is C24H27N4O3. The van der Waals surface area contributed by atoms with Crippen molar-refractivity contribution in [3.63, 3.8) is 0 Å². The van der Waals surface area contributed by atoms with E-state index in [2.05, 4.69) is 34.1 Å². The van der Waals surface area contributed by atoms with E-state index in [1.165, 1.54) is 0 Å². The molecule has 161 valence electrons. The summed E-state index contributed by atoms with van der Waals surface area (Å²) < 4.78 is 17.0. The maximum Gasteiger partial charge on any atom is 0.318 e. The van der Waals surface area contributed by atoms with Gasteiger partial charge in [0.1, 0.15) is 12.4 Å². The summed E-state index contributed by atoms with van der Waals surface area (Å²) in [6.07, 6.45) is 0. The van der Waals surface area contributed by atoms with Gasteiger partial charge in [-0.2, -0.15) is 9.97 Å². The molecule has 2 aromatic carbocycles. The highest BCUT2D eigenvalue weighted by atomic mass is 16.5. The smallest absolute Gasteiger partial charge is 0.318 e. The SMILES string of the molecule is [c]1ccccc1-c1ccc2nc(OCCN3CCOCC3)nc(N3CCOCC3)c2c1. The van der Waals surface area contributed by atoms with Gasteiger partial charge in [-0.25, -0.2) is 0 Å². The lowest BCUT2D eigenvalue weighted by molar-refractivity contribution is 0.0317. The molecular weight excluding hydrogens is 392 g/mol. The number of ether oxygens (including phenoxy) is 3. The Kier molecular flexibility index (Phi) is 6.25. The van der Waals surface area contributed by atoms with E-state index in [4.69, 9.17) is 24.2 Å². The van der Waals surface area contributed by atoms with Gasteiger partial charge < -0.3 is 19.1 Å². The van der Waals surface area contributed by atoms with Gasteiger partial charge in [-0.3, -0.25) is 4.90 Å². The number of hydrogen-bond acceptors (Lipinski definition) is 7. The van der Waals surface area contributed by atoms with E-state index in [1.54, 1.807) is 0 Å². The monoisotopic (exact) mass is 419 g/mol. The predicted molar refractivity (Wildman–Crippen MR) is 120 cm³/mol. The molecule has 0 atom stereocenters. The van der Waals surface area contributed by atoms with Crippen LogP contribution < -0.4 is 9.64 Å². The van der Waals surface area contributed by atoms with Crippen LogP contribution in [0.3, 0.4) is 0 Å². The molecule has 2 saturated heterocycles. The van der Waals surface area contributed by atoms with Gasteiger partial charge in [0.2, 0.25) is 0 Å². The summed E-state index contributed by atoms with van der Waals surface area (Å²) in [6.45, 7) is 7.88. The molecule has 31 heavy (non-hydrogen) atoms. The van der Waals surface area contributed by atoms with Crippen molar-refractivity contribution in [1.82, 2.24) is 14.9 Å². The molecule has 1 radical (unpaired) electrons. The van der Waals surface area contributed by atoms with E-state index in [0.717, 1.165) is 73.8 Å². The molecule has 0 bridgehead atoms. The summed E-state index contributed by atoms with van der Waals surface area (Å²) in [6, 6.07) is 18.0. The van der Waals surface area contributed by atoms with Crippen LogP contribution in [0.2, 0.25) is 0 Å². The quantitative estimate of drug-likeness (QED) is 0.609. The number of morpholine rings is 2. The minimum absolute atomic E-state index is 0.432. The van der Waals surface area contributed by atoms with Crippen LogP contribution in [0.1, 0.15) is 0 Å². The van der Waals surface area contributed by atoms with Crippen molar-refractivity contribution in [3.8, 4) is 17.1 Å². The summed E-state index contributed by atoms with van der Waals surface area (Å²) in [5.41, 5.74) is 3.05. The third kappa shape index (κ3) is 4.79. The average Bonchev–Trinajstić information content (AvgIpc) is 2.85. The van der Waals surface area contributed by atoms with E-state index in [-0.39, 0.29) is 0 Å². The molecule has 2 aliphatic heterocycles. The Morgan fingerprint density at radius 3 is 2.52 bits per heavy atom. The summed E-state index contributed by atoms with van der Waals surface area (Å²) in [5.74, 6) is 0.910. The van der Waals surface area contributed by atoms with E-state index in [1.807, 2.05) is 24.3 Å². The zero-order chi connectivity index (χ0) is 20.9. The maximum atomic E-state index is 5.99. The first-order valence-electron chi connectivity index (χ1n) is 10.9. The van der Waals surface area contributed by atoms with Crippen molar-refractivity contribution in [3.05, 3.63) is 48.5 Å². The van der Waals surface area contributed by atoms with Gasteiger partial charge >= 0.3 is 6.01 Å². The largest absolute Gasteiger partial charge is 0.462 e. The fourth-order valence-electron chi connectivity index (χ4n) is 4.00. The van der Waals surface area contributed by atoms with Crippen LogP contribution in [0.4, 0.5) is 5.82 Å². The molecule has 0 unspecified atom stereocenters. The second-order valence-corrected chi connectivity index (χ2v) is 7.74. The van der Waals surface area contributed by atoms with Crippen LogP contribution >= 0.6 is 0 Å². The number of rotatable bonds is 6. The van der Waals surface area contributed by atoms with Crippen molar-refractivity contribution >= 4 is 16.7 Å². The lowest BCUT2D eigenvalue weighted by Crippen LogP contribution is -2.39. The molecule has 3 aromatic rings. The van der Waals surface area contributed by atoms with Gasteiger partial charge in [-0.1, -0.05) is 30.3 Å². The Balaban J connectivity index is 1.43. The topological polar surface area (TPSA) is 60.0 Å². The van der Waals surface area contributed by atoms with Crippen LogP contribution in [0.5, 0.6) is 6.01 Å². The number of fused-ring (bicyclic) bond motifs is 1. The summed E-state index contributed by atoms with van der Waals surface area (Å²) >= 11 is 0. The number of benzene rings is 2. The maximum absolute atomic E-state index is 5.99. The predicted octanol–water partition coefficient (Wildman–Crippen LogP) is 2.64. The van der Waals surface area contributed by atoms with Gasteiger partial charge in [0.05, 0.1) is 31.9 Å². The molecule has 0 amide bonds. The summed E-state index contributed by atoms with van der Waals surface area (Å²) in [5, 5.41) is 1.03. The molecule has 5 rings (SSSR count). The fraction of sp³-hybridized carbons (Fsp3) is 0.417. The fourth-order valence-corrected chi connectivity index (χ4v) is 4.00. The first kappa shape index (κ1) is 20.2. The van der Waals surface area contributed by atoms with Crippen LogP contribution in [-0.4, -0.2) is 80.6 Å². The van der Waals surface area contributed by atoms with Crippen LogP contribution in [0, 0.1) is 6.07 Å². The molecule has 1 aromatic heterocycles. The molecule has 7 nitrogen and oxygen atoms in total. The molecule has 3 heterocycles. The standard InChI is InChI=1S/C24H27N4O3/c1-2-4-19(5-3-1)20-6-7-22-21(18-20)23(28-11-15-30-16-12-28)26-24(25-22)31-17-10-27-8-13-29-14-9-27/h1-4,6-7,18H,8-17H2. The summed E-state index contributed by atoms with van der Waals surface area (Å²) in [4.78, 5) is 14.1. The third-order valence-electron chi connectivity index (χ3n) is 5.73. The summed E-state index contributed by atoms with van der Waals surface area (Å²) in [7, 11) is 0.